The predicted octanol–water partition coefficient (Wildman–Crippen LogP) is 4.35. The second-order valence-corrected chi connectivity index (χ2v) is 9.93. The van der Waals surface area contributed by atoms with Gasteiger partial charge in [-0.05, 0) is 49.7 Å². The van der Waals surface area contributed by atoms with Gasteiger partial charge in [0.15, 0.2) is 11.5 Å². The molecule has 1 N–H and O–H groups in total. The van der Waals surface area contributed by atoms with Gasteiger partial charge in [-0.3, -0.25) is 0 Å². The Hall–Kier alpha value is -4.38. The summed E-state index contributed by atoms with van der Waals surface area (Å²) in [6.07, 6.45) is 2.95. The van der Waals surface area contributed by atoms with E-state index in [9.17, 15) is 13.2 Å². The highest BCUT2D eigenvalue weighted by Gasteiger charge is 2.26. The molecule has 2 aromatic heterocycles. The third-order valence-corrected chi connectivity index (χ3v) is 7.34. The molecule has 0 aliphatic carbocycles. The van der Waals surface area contributed by atoms with E-state index < -0.39 is 16.0 Å². The third kappa shape index (κ3) is 4.98. The van der Waals surface area contributed by atoms with Crippen LogP contribution in [-0.2, 0) is 14.8 Å². The Balaban J connectivity index is 1.80. The monoisotopic (exact) mass is 522 g/mol. The smallest absolute Gasteiger partial charge is 0.355 e. The maximum atomic E-state index is 13.4. The lowest BCUT2D eigenvalue weighted by molar-refractivity contribution is 0.0593. The van der Waals surface area contributed by atoms with Crippen molar-refractivity contribution in [1.82, 2.24) is 13.9 Å². The van der Waals surface area contributed by atoms with E-state index >= 15 is 0 Å². The van der Waals surface area contributed by atoms with Crippen molar-refractivity contribution in [3.05, 3.63) is 77.7 Å². The average molecular weight is 523 g/mol. The van der Waals surface area contributed by atoms with E-state index in [1.54, 1.807) is 43.5 Å². The Morgan fingerprint density at radius 1 is 1.00 bits per heavy atom. The van der Waals surface area contributed by atoms with E-state index in [0.29, 0.717) is 34.0 Å². The zero-order valence-electron chi connectivity index (χ0n) is 21.0. The second kappa shape index (κ2) is 10.3. The number of methoxy groups -OCH3 is 3. The second-order valence-electron chi connectivity index (χ2n) is 8.11. The Morgan fingerprint density at radius 2 is 1.73 bits per heavy atom. The minimum atomic E-state index is -4.09. The molecule has 0 atom stereocenters. The summed E-state index contributed by atoms with van der Waals surface area (Å²) in [5.74, 6) is 0.439. The number of para-hydroxylation sites is 1. The molecule has 192 valence electrons. The molecule has 11 heteroatoms. The van der Waals surface area contributed by atoms with Gasteiger partial charge >= 0.3 is 5.97 Å². The number of aryl methyl sites for hydroxylation is 2. The number of hydrogen-bond donors (Lipinski definition) is 1. The van der Waals surface area contributed by atoms with Crippen molar-refractivity contribution < 1.29 is 27.4 Å². The van der Waals surface area contributed by atoms with Gasteiger partial charge in [0.25, 0.3) is 10.0 Å². The fraction of sp³-hybridized carbons (Fsp3) is 0.192. The number of rotatable bonds is 8. The number of nitrogens with zero attached hydrogens (tertiary/aromatic N) is 3. The summed E-state index contributed by atoms with van der Waals surface area (Å²) in [7, 11) is 0.163. The first-order valence-electron chi connectivity index (χ1n) is 11.1. The molecule has 0 aliphatic rings. The van der Waals surface area contributed by atoms with Crippen LogP contribution in [-0.4, -0.2) is 49.7 Å². The third-order valence-electron chi connectivity index (χ3n) is 5.65. The summed E-state index contributed by atoms with van der Waals surface area (Å²) in [6.45, 7) is 3.64. The predicted molar refractivity (Wildman–Crippen MR) is 138 cm³/mol. The van der Waals surface area contributed by atoms with Crippen LogP contribution in [0.4, 0.5) is 11.6 Å². The van der Waals surface area contributed by atoms with Crippen molar-refractivity contribution in [2.45, 2.75) is 18.7 Å². The molecular weight excluding hydrogens is 496 g/mol. The minimum Gasteiger partial charge on any atom is -0.493 e. The van der Waals surface area contributed by atoms with Crippen molar-refractivity contribution in [1.29, 1.82) is 0 Å². The SMILES string of the molecule is COC(=O)c1cc(-c2nc(Nc3cccc(OC)c3OC)ncc2C)cn1S(=O)(=O)c1ccc(C)cc1. The number of aromatic nitrogens is 3. The summed E-state index contributed by atoms with van der Waals surface area (Å²) >= 11 is 0. The summed E-state index contributed by atoms with van der Waals surface area (Å²) in [5, 5.41) is 3.11. The van der Waals surface area contributed by atoms with Crippen LogP contribution in [0.5, 0.6) is 11.5 Å². The van der Waals surface area contributed by atoms with Gasteiger partial charge in [-0.25, -0.2) is 27.2 Å². The summed E-state index contributed by atoms with van der Waals surface area (Å²) < 4.78 is 43.5. The van der Waals surface area contributed by atoms with Crippen LogP contribution in [0.3, 0.4) is 0 Å². The van der Waals surface area contributed by atoms with Gasteiger partial charge in [-0.15, -0.1) is 0 Å². The van der Waals surface area contributed by atoms with Crippen LogP contribution in [0.15, 0.2) is 65.8 Å². The van der Waals surface area contributed by atoms with E-state index in [2.05, 4.69) is 15.3 Å². The summed E-state index contributed by atoms with van der Waals surface area (Å²) in [5.41, 5.74) is 2.83. The lowest BCUT2D eigenvalue weighted by Crippen LogP contribution is -2.18. The van der Waals surface area contributed by atoms with Crippen molar-refractivity contribution in [2.24, 2.45) is 0 Å². The lowest BCUT2D eigenvalue weighted by atomic mass is 10.1. The quantitative estimate of drug-likeness (QED) is 0.337. The molecule has 10 nitrogen and oxygen atoms in total. The fourth-order valence-electron chi connectivity index (χ4n) is 3.75. The van der Waals surface area contributed by atoms with E-state index in [-0.39, 0.29) is 16.5 Å². The van der Waals surface area contributed by atoms with Crippen LogP contribution < -0.4 is 14.8 Å². The minimum absolute atomic E-state index is 0.0392. The molecule has 4 aromatic rings. The van der Waals surface area contributed by atoms with Crippen LogP contribution in [0, 0.1) is 13.8 Å². The molecule has 0 spiro atoms. The first-order valence-corrected chi connectivity index (χ1v) is 12.6. The van der Waals surface area contributed by atoms with Crippen LogP contribution >= 0.6 is 0 Å². The number of hydrogen-bond acceptors (Lipinski definition) is 9. The van der Waals surface area contributed by atoms with Crippen LogP contribution in [0.1, 0.15) is 21.6 Å². The van der Waals surface area contributed by atoms with Crippen molar-refractivity contribution in [2.75, 3.05) is 26.6 Å². The summed E-state index contributed by atoms with van der Waals surface area (Å²) in [6, 6.07) is 13.1. The first kappa shape index (κ1) is 25.7. The highest BCUT2D eigenvalue weighted by molar-refractivity contribution is 7.90. The normalized spacial score (nSPS) is 11.2. The number of esters is 1. The number of ether oxygens (including phenoxy) is 3. The molecule has 0 bridgehead atoms. The van der Waals surface area contributed by atoms with Crippen molar-refractivity contribution in [3.63, 3.8) is 0 Å². The van der Waals surface area contributed by atoms with E-state index in [0.717, 1.165) is 9.54 Å². The molecule has 0 radical (unpaired) electrons. The average Bonchev–Trinajstić information content (AvgIpc) is 3.35. The van der Waals surface area contributed by atoms with Crippen LogP contribution in [0.2, 0.25) is 0 Å². The molecule has 2 aromatic carbocycles. The maximum Gasteiger partial charge on any atom is 0.355 e. The molecule has 0 amide bonds. The Bertz CT molecular complexity index is 1560. The Morgan fingerprint density at radius 3 is 2.38 bits per heavy atom. The highest BCUT2D eigenvalue weighted by atomic mass is 32.2. The van der Waals surface area contributed by atoms with Crippen molar-refractivity contribution >= 4 is 27.6 Å². The molecule has 0 saturated heterocycles. The molecular formula is C26H26N4O6S. The molecule has 0 unspecified atom stereocenters. The zero-order valence-corrected chi connectivity index (χ0v) is 21.8. The van der Waals surface area contributed by atoms with E-state index in [1.807, 2.05) is 6.92 Å². The summed E-state index contributed by atoms with van der Waals surface area (Å²) in [4.78, 5) is 21.5. The number of carbonyl (C=O) groups is 1. The largest absolute Gasteiger partial charge is 0.493 e. The van der Waals surface area contributed by atoms with E-state index in [1.165, 1.54) is 45.7 Å². The molecule has 2 heterocycles. The first-order chi connectivity index (χ1) is 17.7. The topological polar surface area (TPSA) is 122 Å². The fourth-order valence-corrected chi connectivity index (χ4v) is 5.10. The molecule has 0 fully saturated rings. The molecule has 0 aliphatic heterocycles. The lowest BCUT2D eigenvalue weighted by Gasteiger charge is -2.14. The van der Waals surface area contributed by atoms with Gasteiger partial charge in [0, 0.05) is 18.0 Å². The number of anilines is 2. The number of carbonyl (C=O) groups excluding carboxylic acids is 1. The molecule has 37 heavy (non-hydrogen) atoms. The Kier molecular flexibility index (Phi) is 7.16. The van der Waals surface area contributed by atoms with Gasteiger partial charge in [0.2, 0.25) is 5.95 Å². The number of benzene rings is 2. The van der Waals surface area contributed by atoms with E-state index in [4.69, 9.17) is 14.2 Å². The van der Waals surface area contributed by atoms with Gasteiger partial charge < -0.3 is 19.5 Å². The Labute approximate surface area is 214 Å². The van der Waals surface area contributed by atoms with Crippen molar-refractivity contribution in [3.8, 4) is 22.8 Å². The van der Waals surface area contributed by atoms with Gasteiger partial charge in [-0.1, -0.05) is 23.8 Å². The van der Waals surface area contributed by atoms with Gasteiger partial charge in [0.05, 0.1) is 37.6 Å². The van der Waals surface area contributed by atoms with Gasteiger partial charge in [0.1, 0.15) is 5.69 Å². The number of nitrogens with one attached hydrogen (secondary N) is 1. The standard InChI is InChI=1S/C26H26N4O6S/c1-16-9-11-19(12-10-16)37(32,33)30-15-18(13-21(30)25(31)36-5)23-17(2)14-27-26(29-23)28-20-7-6-8-22(34-3)24(20)35-4/h6-15H,1-5H3,(H,27,28,29). The highest BCUT2D eigenvalue weighted by Crippen LogP contribution is 2.36. The molecule has 4 rings (SSSR count). The van der Waals surface area contributed by atoms with Gasteiger partial charge in [-0.2, -0.15) is 0 Å². The maximum absolute atomic E-state index is 13.4. The van der Waals surface area contributed by atoms with Crippen LogP contribution in [0.25, 0.3) is 11.3 Å². The zero-order chi connectivity index (χ0) is 26.7. The molecule has 0 saturated carbocycles.